The van der Waals surface area contributed by atoms with Crippen LogP contribution in [0.25, 0.3) is 0 Å². The van der Waals surface area contributed by atoms with Gasteiger partial charge in [-0.15, -0.1) is 0 Å². The molecular weight excluding hydrogens is 252 g/mol. The van der Waals surface area contributed by atoms with Gasteiger partial charge in [-0.1, -0.05) is 0 Å². The molecule has 102 valence electrons. The Bertz CT molecular complexity index is 361. The fourth-order valence-electron chi connectivity index (χ4n) is 0.934. The van der Waals surface area contributed by atoms with Crippen LogP contribution in [0.1, 0.15) is 12.8 Å². The Balaban J connectivity index is 4.71. The Labute approximate surface area is 101 Å². The number of carboxylic acids is 1. The zero-order valence-corrected chi connectivity index (χ0v) is 9.67. The molecule has 1 unspecified atom stereocenters. The molecule has 0 rings (SSSR count). The van der Waals surface area contributed by atoms with E-state index in [1.807, 2.05) is 0 Å². The topological polar surface area (TPSA) is 136 Å². The van der Waals surface area contributed by atoms with E-state index in [1.165, 1.54) is 0 Å². The second-order valence-corrected chi connectivity index (χ2v) is 3.19. The molecule has 18 heavy (non-hydrogen) atoms. The normalized spacial score (nSPS) is 13.1. The maximum absolute atomic E-state index is 11.1. The molecule has 0 spiro atoms. The van der Waals surface area contributed by atoms with Crippen LogP contribution in [0.5, 0.6) is 0 Å². The quantitative estimate of drug-likeness (QED) is 0.476. The predicted octanol–water partition coefficient (Wildman–Crippen LogP) is -0.935. The number of rotatable bonds is 5. The second-order valence-electron chi connectivity index (χ2n) is 3.19. The van der Waals surface area contributed by atoms with Gasteiger partial charge >= 0.3 is 24.1 Å². The molecular formula is C9H12O9. The van der Waals surface area contributed by atoms with Crippen molar-refractivity contribution in [1.82, 2.24) is 0 Å². The first-order valence-electron chi connectivity index (χ1n) is 4.56. The lowest BCUT2D eigenvalue weighted by Gasteiger charge is -2.20. The Morgan fingerprint density at radius 2 is 1.50 bits per heavy atom. The van der Waals surface area contributed by atoms with E-state index in [4.69, 9.17) is 5.11 Å². The van der Waals surface area contributed by atoms with Gasteiger partial charge in [0, 0.05) is 0 Å². The highest BCUT2D eigenvalue weighted by atomic mass is 16.7. The molecule has 0 aromatic carbocycles. The number of hydrogen-bond donors (Lipinski definition) is 2. The van der Waals surface area contributed by atoms with Gasteiger partial charge in [0.05, 0.1) is 27.1 Å². The minimum absolute atomic E-state index is 0.938. The van der Waals surface area contributed by atoms with E-state index in [0.717, 1.165) is 14.2 Å². The number of methoxy groups -OCH3 is 2. The highest BCUT2D eigenvalue weighted by molar-refractivity contribution is 5.91. The lowest BCUT2D eigenvalue weighted by atomic mass is 9.96. The molecule has 9 nitrogen and oxygen atoms in total. The van der Waals surface area contributed by atoms with Crippen LogP contribution in [-0.4, -0.2) is 54.1 Å². The van der Waals surface area contributed by atoms with Crippen molar-refractivity contribution < 1.29 is 43.6 Å². The molecule has 2 N–H and O–H groups in total. The van der Waals surface area contributed by atoms with Gasteiger partial charge in [0.2, 0.25) is 0 Å². The van der Waals surface area contributed by atoms with Gasteiger partial charge in [-0.25, -0.2) is 9.59 Å². The van der Waals surface area contributed by atoms with Gasteiger partial charge in [0.25, 0.3) is 0 Å². The zero-order valence-electron chi connectivity index (χ0n) is 9.67. The summed E-state index contributed by atoms with van der Waals surface area (Å²) in [6.07, 6.45) is -3.42. The van der Waals surface area contributed by atoms with Gasteiger partial charge < -0.3 is 24.4 Å². The van der Waals surface area contributed by atoms with E-state index >= 15 is 0 Å². The maximum atomic E-state index is 11.1. The van der Waals surface area contributed by atoms with Crippen LogP contribution < -0.4 is 0 Å². The first kappa shape index (κ1) is 15.8. The molecule has 0 fully saturated rings. The second kappa shape index (κ2) is 6.55. The molecule has 0 aliphatic rings. The summed E-state index contributed by atoms with van der Waals surface area (Å²) in [5.41, 5.74) is -2.71. The molecule has 0 aromatic heterocycles. The van der Waals surface area contributed by atoms with Gasteiger partial charge in [0.1, 0.15) is 0 Å². The number of aliphatic carboxylic acids is 1. The average Bonchev–Trinajstić information content (AvgIpc) is 2.27. The molecule has 0 aliphatic carbocycles. The fraction of sp³-hybridized carbons (Fsp3) is 0.556. The minimum Gasteiger partial charge on any atom is -0.479 e. The third-order valence-electron chi connectivity index (χ3n) is 1.86. The number of hydrogen-bond acceptors (Lipinski definition) is 8. The van der Waals surface area contributed by atoms with Crippen LogP contribution in [-0.2, 0) is 28.6 Å². The molecule has 0 saturated heterocycles. The summed E-state index contributed by atoms with van der Waals surface area (Å²) in [7, 11) is 1.92. The van der Waals surface area contributed by atoms with Crippen molar-refractivity contribution in [3.05, 3.63) is 0 Å². The SMILES string of the molecule is COC(=O)CC(O)(CC(=O)OC(=O)OC)C(=O)O. The molecule has 1 atom stereocenters. The van der Waals surface area contributed by atoms with Crippen molar-refractivity contribution in [1.29, 1.82) is 0 Å². The van der Waals surface area contributed by atoms with E-state index in [0.29, 0.717) is 0 Å². The zero-order chi connectivity index (χ0) is 14.3. The number of ether oxygens (including phenoxy) is 3. The summed E-state index contributed by atoms with van der Waals surface area (Å²) in [4.78, 5) is 43.4. The van der Waals surface area contributed by atoms with Crippen molar-refractivity contribution >= 4 is 24.1 Å². The monoisotopic (exact) mass is 264 g/mol. The van der Waals surface area contributed by atoms with Crippen LogP contribution in [0.4, 0.5) is 4.79 Å². The Morgan fingerprint density at radius 3 is 1.89 bits per heavy atom. The van der Waals surface area contributed by atoms with Crippen LogP contribution in [0, 0.1) is 0 Å². The first-order chi connectivity index (χ1) is 8.25. The third-order valence-corrected chi connectivity index (χ3v) is 1.86. The molecule has 0 saturated carbocycles. The molecule has 0 heterocycles. The van der Waals surface area contributed by atoms with Crippen LogP contribution in [0.3, 0.4) is 0 Å². The summed E-state index contributed by atoms with van der Waals surface area (Å²) >= 11 is 0. The van der Waals surface area contributed by atoms with Gasteiger partial charge in [0.15, 0.2) is 5.60 Å². The smallest absolute Gasteiger partial charge is 0.479 e. The Kier molecular flexibility index (Phi) is 5.76. The van der Waals surface area contributed by atoms with E-state index in [2.05, 4.69) is 14.2 Å². The number of carbonyl (C=O) groups is 4. The van der Waals surface area contributed by atoms with Gasteiger partial charge in [-0.05, 0) is 0 Å². The summed E-state index contributed by atoms with van der Waals surface area (Å²) in [6.45, 7) is 0. The van der Waals surface area contributed by atoms with Crippen LogP contribution in [0.15, 0.2) is 0 Å². The number of esters is 2. The first-order valence-corrected chi connectivity index (χ1v) is 4.56. The van der Waals surface area contributed by atoms with Crippen molar-refractivity contribution in [3.63, 3.8) is 0 Å². The highest BCUT2D eigenvalue weighted by Gasteiger charge is 2.42. The van der Waals surface area contributed by atoms with Crippen molar-refractivity contribution in [2.24, 2.45) is 0 Å². The van der Waals surface area contributed by atoms with E-state index < -0.39 is 42.5 Å². The third kappa shape index (κ3) is 4.78. The average molecular weight is 264 g/mol. The van der Waals surface area contributed by atoms with E-state index in [1.54, 1.807) is 0 Å². The van der Waals surface area contributed by atoms with Crippen molar-refractivity contribution in [2.75, 3.05) is 14.2 Å². The number of carbonyl (C=O) groups excluding carboxylic acids is 3. The molecule has 0 aliphatic heterocycles. The highest BCUT2D eigenvalue weighted by Crippen LogP contribution is 2.17. The van der Waals surface area contributed by atoms with E-state index in [9.17, 15) is 24.3 Å². The minimum atomic E-state index is -2.71. The summed E-state index contributed by atoms with van der Waals surface area (Å²) in [6, 6.07) is 0. The largest absolute Gasteiger partial charge is 0.515 e. The van der Waals surface area contributed by atoms with Crippen molar-refractivity contribution in [2.45, 2.75) is 18.4 Å². The summed E-state index contributed by atoms with van der Waals surface area (Å²) < 4.78 is 12.2. The molecule has 0 bridgehead atoms. The maximum Gasteiger partial charge on any atom is 0.515 e. The van der Waals surface area contributed by atoms with Crippen LogP contribution >= 0.6 is 0 Å². The fourth-order valence-corrected chi connectivity index (χ4v) is 0.934. The predicted molar refractivity (Wildman–Crippen MR) is 52.3 cm³/mol. The lowest BCUT2D eigenvalue weighted by molar-refractivity contribution is -0.171. The standard InChI is InChI=1S/C9H12O9/c1-16-5(10)3-9(15,7(12)13)4-6(11)18-8(14)17-2/h15H,3-4H2,1-2H3,(H,12,13). The Morgan fingerprint density at radius 1 is 1.00 bits per heavy atom. The van der Waals surface area contributed by atoms with E-state index in [-0.39, 0.29) is 0 Å². The lowest BCUT2D eigenvalue weighted by Crippen LogP contribution is -2.43. The van der Waals surface area contributed by atoms with Crippen LogP contribution in [0.2, 0.25) is 0 Å². The summed E-state index contributed by atoms with van der Waals surface area (Å²) in [5.74, 6) is -4.21. The molecule has 0 aromatic rings. The molecule has 0 amide bonds. The van der Waals surface area contributed by atoms with Gasteiger partial charge in [-0.3, -0.25) is 9.59 Å². The van der Waals surface area contributed by atoms with Crippen molar-refractivity contribution in [3.8, 4) is 0 Å². The Hall–Kier alpha value is -2.16. The molecule has 0 radical (unpaired) electrons. The summed E-state index contributed by atoms with van der Waals surface area (Å²) in [5, 5.41) is 18.3. The number of aliphatic hydroxyl groups is 1. The number of carboxylic acid groups (broad SMARTS) is 1. The van der Waals surface area contributed by atoms with Gasteiger partial charge in [-0.2, -0.15) is 0 Å². The molecule has 9 heteroatoms.